The van der Waals surface area contributed by atoms with Gasteiger partial charge in [0.1, 0.15) is 6.61 Å². The lowest BCUT2D eigenvalue weighted by molar-refractivity contribution is -0.384. The SMILES string of the molecule is COC(=O)C1=C(C)NC(C)=C(C(=O)OCc2ccc(C(F)(F)F)cc2)C1c1cccc([N+](=O)[O-])c1. The van der Waals surface area contributed by atoms with Crippen molar-refractivity contribution in [3.63, 3.8) is 0 Å². The van der Waals surface area contributed by atoms with Gasteiger partial charge in [-0.25, -0.2) is 9.59 Å². The minimum atomic E-state index is -4.50. The van der Waals surface area contributed by atoms with Gasteiger partial charge in [-0.3, -0.25) is 10.1 Å². The monoisotopic (exact) mass is 490 g/mol. The number of carbonyl (C=O) groups excluding carboxylic acids is 2. The molecule has 0 amide bonds. The molecule has 8 nitrogen and oxygen atoms in total. The summed E-state index contributed by atoms with van der Waals surface area (Å²) < 4.78 is 48.6. The van der Waals surface area contributed by atoms with Crippen LogP contribution in [-0.2, 0) is 31.8 Å². The third kappa shape index (κ3) is 5.51. The number of esters is 2. The highest BCUT2D eigenvalue weighted by molar-refractivity contribution is 5.99. The van der Waals surface area contributed by atoms with E-state index in [1.807, 2.05) is 0 Å². The van der Waals surface area contributed by atoms with E-state index < -0.39 is 34.5 Å². The van der Waals surface area contributed by atoms with Crippen molar-refractivity contribution in [2.45, 2.75) is 32.5 Å². The number of hydrogen-bond donors (Lipinski definition) is 1. The third-order valence-electron chi connectivity index (χ3n) is 5.45. The van der Waals surface area contributed by atoms with Crippen LogP contribution in [0.25, 0.3) is 0 Å². The maximum Gasteiger partial charge on any atom is 0.416 e. The van der Waals surface area contributed by atoms with Crippen LogP contribution < -0.4 is 5.32 Å². The number of nitrogens with zero attached hydrogens (tertiary/aromatic N) is 1. The molecule has 1 aliphatic heterocycles. The van der Waals surface area contributed by atoms with Crippen molar-refractivity contribution >= 4 is 17.6 Å². The Kier molecular flexibility index (Phi) is 7.28. The van der Waals surface area contributed by atoms with Crippen LogP contribution in [0.15, 0.2) is 71.1 Å². The molecule has 0 bridgehead atoms. The summed E-state index contributed by atoms with van der Waals surface area (Å²) in [6.45, 7) is 2.85. The van der Waals surface area contributed by atoms with Gasteiger partial charge >= 0.3 is 18.1 Å². The first kappa shape index (κ1) is 25.5. The smallest absolute Gasteiger partial charge is 0.416 e. The van der Waals surface area contributed by atoms with Crippen molar-refractivity contribution in [1.82, 2.24) is 5.32 Å². The molecule has 2 aromatic carbocycles. The number of non-ortho nitro benzene ring substituents is 1. The minimum Gasteiger partial charge on any atom is -0.466 e. The number of nitro groups is 1. The quantitative estimate of drug-likeness (QED) is 0.353. The summed E-state index contributed by atoms with van der Waals surface area (Å²) in [4.78, 5) is 36.5. The molecule has 3 rings (SSSR count). The fraction of sp³-hybridized carbons (Fsp3) is 0.250. The number of hydrogen-bond acceptors (Lipinski definition) is 7. The van der Waals surface area contributed by atoms with Crippen molar-refractivity contribution < 1.29 is 37.2 Å². The summed E-state index contributed by atoms with van der Waals surface area (Å²) in [5, 5.41) is 14.2. The fourth-order valence-electron chi connectivity index (χ4n) is 3.81. The Morgan fingerprint density at radius 3 is 2.17 bits per heavy atom. The predicted octanol–water partition coefficient (Wildman–Crippen LogP) is 4.76. The van der Waals surface area contributed by atoms with Crippen LogP contribution in [0.4, 0.5) is 18.9 Å². The van der Waals surface area contributed by atoms with E-state index in [0.717, 1.165) is 12.1 Å². The zero-order valence-electron chi connectivity index (χ0n) is 18.9. The molecule has 0 spiro atoms. The van der Waals surface area contributed by atoms with E-state index in [2.05, 4.69) is 5.32 Å². The molecule has 1 N–H and O–H groups in total. The van der Waals surface area contributed by atoms with Crippen molar-refractivity contribution in [2.24, 2.45) is 0 Å². The second kappa shape index (κ2) is 10.00. The Morgan fingerprint density at radius 1 is 1.03 bits per heavy atom. The number of carbonyl (C=O) groups is 2. The van der Waals surface area contributed by atoms with Crippen molar-refractivity contribution in [3.05, 3.63) is 97.9 Å². The standard InChI is InChI=1S/C24H21F3N2O6/c1-13-19(22(30)34-3)21(16-5-4-6-18(11-16)29(32)33)20(14(2)28-13)23(31)35-12-15-7-9-17(10-8-15)24(25,26)27/h4-11,21,28H,12H2,1-3H3. The summed E-state index contributed by atoms with van der Waals surface area (Å²) in [6, 6.07) is 9.64. The number of allylic oxidation sites excluding steroid dienone is 2. The molecular formula is C24H21F3N2O6. The third-order valence-corrected chi connectivity index (χ3v) is 5.45. The van der Waals surface area contributed by atoms with E-state index in [0.29, 0.717) is 22.5 Å². The Balaban J connectivity index is 1.96. The van der Waals surface area contributed by atoms with E-state index in [1.54, 1.807) is 13.8 Å². The van der Waals surface area contributed by atoms with Gasteiger partial charge in [0.2, 0.25) is 0 Å². The molecule has 0 radical (unpaired) electrons. The lowest BCUT2D eigenvalue weighted by Crippen LogP contribution is -2.32. The number of dihydropyridines is 1. The van der Waals surface area contributed by atoms with Crippen LogP contribution in [0, 0.1) is 10.1 Å². The maximum absolute atomic E-state index is 13.2. The highest BCUT2D eigenvalue weighted by atomic mass is 19.4. The number of methoxy groups -OCH3 is 1. The molecule has 0 saturated heterocycles. The van der Waals surface area contributed by atoms with Gasteiger partial charge in [0.15, 0.2) is 0 Å². The van der Waals surface area contributed by atoms with Crippen molar-refractivity contribution in [1.29, 1.82) is 0 Å². The van der Waals surface area contributed by atoms with Crippen LogP contribution in [0.3, 0.4) is 0 Å². The van der Waals surface area contributed by atoms with Gasteiger partial charge in [-0.1, -0.05) is 24.3 Å². The first-order valence-electron chi connectivity index (χ1n) is 10.3. The minimum absolute atomic E-state index is 0.0170. The number of nitro benzene ring substituents is 1. The summed E-state index contributed by atoms with van der Waals surface area (Å²) in [7, 11) is 1.17. The number of ether oxygens (including phenoxy) is 2. The molecule has 1 atom stereocenters. The van der Waals surface area contributed by atoms with Gasteiger partial charge in [-0.2, -0.15) is 13.2 Å². The van der Waals surface area contributed by atoms with E-state index >= 15 is 0 Å². The zero-order chi connectivity index (χ0) is 25.9. The van der Waals surface area contributed by atoms with E-state index in [4.69, 9.17) is 9.47 Å². The van der Waals surface area contributed by atoms with E-state index in [-0.39, 0.29) is 23.4 Å². The first-order chi connectivity index (χ1) is 16.4. The molecule has 0 fully saturated rings. The number of halogens is 3. The maximum atomic E-state index is 13.2. The average Bonchev–Trinajstić information content (AvgIpc) is 2.81. The molecule has 0 aromatic heterocycles. The first-order valence-corrected chi connectivity index (χ1v) is 10.3. The zero-order valence-corrected chi connectivity index (χ0v) is 18.9. The highest BCUT2D eigenvalue weighted by Crippen LogP contribution is 2.40. The summed E-state index contributed by atoms with van der Waals surface area (Å²) in [5.41, 5.74) is 0.369. The van der Waals surface area contributed by atoms with Crippen LogP contribution in [-0.4, -0.2) is 24.0 Å². The largest absolute Gasteiger partial charge is 0.466 e. The molecule has 2 aromatic rings. The van der Waals surface area contributed by atoms with Gasteiger partial charge in [0, 0.05) is 23.5 Å². The Labute approximate surface area is 198 Å². The number of benzene rings is 2. The fourth-order valence-corrected chi connectivity index (χ4v) is 3.81. The second-order valence-electron chi connectivity index (χ2n) is 7.75. The second-order valence-corrected chi connectivity index (χ2v) is 7.75. The summed E-state index contributed by atoms with van der Waals surface area (Å²) >= 11 is 0. The molecule has 0 aliphatic carbocycles. The molecule has 1 unspecified atom stereocenters. The number of rotatable bonds is 6. The van der Waals surface area contributed by atoms with Gasteiger partial charge in [-0.15, -0.1) is 0 Å². The molecule has 184 valence electrons. The van der Waals surface area contributed by atoms with Gasteiger partial charge in [0.25, 0.3) is 5.69 Å². The molecular weight excluding hydrogens is 469 g/mol. The molecule has 11 heteroatoms. The number of nitrogens with one attached hydrogen (secondary N) is 1. The average molecular weight is 490 g/mol. The lowest BCUT2D eigenvalue weighted by Gasteiger charge is -2.30. The predicted molar refractivity (Wildman–Crippen MR) is 118 cm³/mol. The molecule has 1 aliphatic rings. The van der Waals surface area contributed by atoms with E-state index in [9.17, 15) is 32.9 Å². The number of alkyl halides is 3. The Hall–Kier alpha value is -4.15. The Morgan fingerprint density at radius 2 is 1.63 bits per heavy atom. The lowest BCUT2D eigenvalue weighted by atomic mass is 9.80. The topological polar surface area (TPSA) is 108 Å². The van der Waals surface area contributed by atoms with Crippen LogP contribution in [0.5, 0.6) is 0 Å². The highest BCUT2D eigenvalue weighted by Gasteiger charge is 2.38. The van der Waals surface area contributed by atoms with Crippen LogP contribution in [0.2, 0.25) is 0 Å². The van der Waals surface area contributed by atoms with Crippen LogP contribution >= 0.6 is 0 Å². The summed E-state index contributed by atoms with van der Waals surface area (Å²) in [5.74, 6) is -2.63. The van der Waals surface area contributed by atoms with Gasteiger partial charge in [0.05, 0.1) is 34.7 Å². The van der Waals surface area contributed by atoms with E-state index in [1.165, 1.54) is 43.5 Å². The van der Waals surface area contributed by atoms with Gasteiger partial charge in [-0.05, 0) is 37.1 Å². The summed E-state index contributed by atoms with van der Waals surface area (Å²) in [6.07, 6.45) is -4.50. The van der Waals surface area contributed by atoms with Crippen LogP contribution in [0.1, 0.15) is 36.5 Å². The normalized spacial score (nSPS) is 16.0. The Bertz CT molecular complexity index is 1230. The molecule has 35 heavy (non-hydrogen) atoms. The van der Waals surface area contributed by atoms with Gasteiger partial charge < -0.3 is 14.8 Å². The van der Waals surface area contributed by atoms with Crippen molar-refractivity contribution in [3.8, 4) is 0 Å². The molecule has 0 saturated carbocycles. The molecule has 1 heterocycles. The van der Waals surface area contributed by atoms with Crippen molar-refractivity contribution in [2.75, 3.05) is 7.11 Å².